The Labute approximate surface area is 127 Å². The van der Waals surface area contributed by atoms with E-state index < -0.39 is 0 Å². The van der Waals surface area contributed by atoms with Crippen LogP contribution >= 0.6 is 0 Å². The van der Waals surface area contributed by atoms with Crippen LogP contribution in [0.2, 0.25) is 0 Å². The molecule has 0 bridgehead atoms. The van der Waals surface area contributed by atoms with Crippen molar-refractivity contribution in [3.05, 3.63) is 29.6 Å². The molecular formula is C18H28FNO. The quantitative estimate of drug-likeness (QED) is 0.814. The van der Waals surface area contributed by atoms with Crippen LogP contribution in [0.4, 0.5) is 4.39 Å². The Bertz CT molecular complexity index is 463. The van der Waals surface area contributed by atoms with E-state index >= 15 is 0 Å². The molecule has 3 heteroatoms. The second-order valence-electron chi connectivity index (χ2n) is 6.59. The highest BCUT2D eigenvalue weighted by atomic mass is 19.1. The van der Waals surface area contributed by atoms with Crippen LogP contribution in [0.1, 0.15) is 57.4 Å². The van der Waals surface area contributed by atoms with E-state index in [9.17, 15) is 4.39 Å². The second-order valence-corrected chi connectivity index (χ2v) is 6.59. The molecule has 0 heterocycles. The summed E-state index contributed by atoms with van der Waals surface area (Å²) in [6.45, 7) is 2.25. The lowest BCUT2D eigenvalue weighted by molar-refractivity contribution is 0.353. The molecule has 1 aromatic carbocycles. The molecule has 1 saturated carbocycles. The molecule has 0 amide bonds. The van der Waals surface area contributed by atoms with Crippen molar-refractivity contribution in [1.82, 2.24) is 0 Å². The van der Waals surface area contributed by atoms with Crippen LogP contribution in [0, 0.1) is 11.7 Å². The zero-order valence-corrected chi connectivity index (χ0v) is 13.3. The largest absolute Gasteiger partial charge is 0.494 e. The summed E-state index contributed by atoms with van der Waals surface area (Å²) in [7, 11) is 1.49. The Morgan fingerprint density at radius 3 is 2.81 bits per heavy atom. The summed E-state index contributed by atoms with van der Waals surface area (Å²) in [5.41, 5.74) is 7.42. The molecular weight excluding hydrogens is 265 g/mol. The van der Waals surface area contributed by atoms with Crippen molar-refractivity contribution < 1.29 is 9.13 Å². The molecule has 2 atom stereocenters. The van der Waals surface area contributed by atoms with E-state index in [4.69, 9.17) is 10.5 Å². The molecule has 2 rings (SSSR count). The van der Waals surface area contributed by atoms with Gasteiger partial charge < -0.3 is 10.5 Å². The maximum Gasteiger partial charge on any atom is 0.165 e. The number of methoxy groups -OCH3 is 1. The van der Waals surface area contributed by atoms with Gasteiger partial charge in [0.2, 0.25) is 0 Å². The Kier molecular flexibility index (Phi) is 5.63. The summed E-state index contributed by atoms with van der Waals surface area (Å²) in [4.78, 5) is 0. The molecule has 0 radical (unpaired) electrons. The highest BCUT2D eigenvalue weighted by Gasteiger charge is 2.29. The lowest BCUT2D eigenvalue weighted by Gasteiger charge is -2.28. The number of rotatable bonds is 5. The zero-order valence-electron chi connectivity index (χ0n) is 13.3. The minimum absolute atomic E-state index is 0.177. The Morgan fingerprint density at radius 2 is 2.14 bits per heavy atom. The van der Waals surface area contributed by atoms with Crippen LogP contribution < -0.4 is 10.5 Å². The van der Waals surface area contributed by atoms with E-state index in [0.717, 1.165) is 30.7 Å². The highest BCUT2D eigenvalue weighted by molar-refractivity contribution is 5.30. The molecule has 1 aromatic rings. The summed E-state index contributed by atoms with van der Waals surface area (Å²) in [5, 5.41) is 0. The Morgan fingerprint density at radius 1 is 1.33 bits per heavy atom. The van der Waals surface area contributed by atoms with Gasteiger partial charge in [-0.1, -0.05) is 38.7 Å². The van der Waals surface area contributed by atoms with Crippen molar-refractivity contribution in [2.24, 2.45) is 11.7 Å². The van der Waals surface area contributed by atoms with Gasteiger partial charge in [-0.25, -0.2) is 4.39 Å². The molecule has 0 aliphatic heterocycles. The third-order valence-corrected chi connectivity index (χ3v) is 4.81. The number of hydrogen-bond acceptors (Lipinski definition) is 2. The maximum atomic E-state index is 13.8. The van der Waals surface area contributed by atoms with Crippen molar-refractivity contribution in [3.63, 3.8) is 0 Å². The predicted molar refractivity (Wildman–Crippen MR) is 85.1 cm³/mol. The highest BCUT2D eigenvalue weighted by Crippen LogP contribution is 2.33. The smallest absolute Gasteiger partial charge is 0.165 e. The molecule has 0 saturated heterocycles. The summed E-state index contributed by atoms with van der Waals surface area (Å²) in [6, 6.07) is 5.21. The molecule has 1 aliphatic carbocycles. The van der Waals surface area contributed by atoms with Crippen molar-refractivity contribution in [1.29, 1.82) is 0 Å². The Balaban J connectivity index is 2.02. The second kappa shape index (κ2) is 7.26. The average Bonchev–Trinajstić information content (AvgIpc) is 2.62. The number of benzene rings is 1. The minimum atomic E-state index is -0.295. The number of halogens is 1. The molecule has 2 N–H and O–H groups in total. The van der Waals surface area contributed by atoms with Gasteiger partial charge in [-0.2, -0.15) is 0 Å². The normalized spacial score (nSPS) is 26.4. The van der Waals surface area contributed by atoms with Crippen molar-refractivity contribution in [2.75, 3.05) is 7.11 Å². The van der Waals surface area contributed by atoms with E-state index in [1.165, 1.54) is 39.2 Å². The van der Waals surface area contributed by atoms with Gasteiger partial charge in [-0.3, -0.25) is 0 Å². The van der Waals surface area contributed by atoms with Gasteiger partial charge in [0.15, 0.2) is 11.6 Å². The first kappa shape index (κ1) is 16.3. The molecule has 21 heavy (non-hydrogen) atoms. The van der Waals surface area contributed by atoms with Crippen LogP contribution in [-0.2, 0) is 6.42 Å². The van der Waals surface area contributed by atoms with Gasteiger partial charge in [0.1, 0.15) is 0 Å². The molecule has 2 nitrogen and oxygen atoms in total. The van der Waals surface area contributed by atoms with Gasteiger partial charge in [-0.05, 0) is 49.3 Å². The lowest BCUT2D eigenvalue weighted by Crippen LogP contribution is -2.41. The maximum absolute atomic E-state index is 13.8. The fourth-order valence-electron chi connectivity index (χ4n) is 3.60. The van der Waals surface area contributed by atoms with Crippen LogP contribution in [0.25, 0.3) is 0 Å². The predicted octanol–water partition coefficient (Wildman–Crippen LogP) is 4.45. The zero-order chi connectivity index (χ0) is 15.3. The summed E-state index contributed by atoms with van der Waals surface area (Å²) in [6.07, 6.45) is 9.12. The van der Waals surface area contributed by atoms with Gasteiger partial charge >= 0.3 is 0 Å². The van der Waals surface area contributed by atoms with Crippen LogP contribution in [0.5, 0.6) is 5.75 Å². The summed E-state index contributed by atoms with van der Waals surface area (Å²) >= 11 is 0. The van der Waals surface area contributed by atoms with E-state index in [0.29, 0.717) is 5.75 Å². The van der Waals surface area contributed by atoms with Gasteiger partial charge in [0.05, 0.1) is 7.11 Å². The first-order chi connectivity index (χ1) is 10.1. The van der Waals surface area contributed by atoms with Gasteiger partial charge in [-0.15, -0.1) is 0 Å². The van der Waals surface area contributed by atoms with Gasteiger partial charge in [0.25, 0.3) is 0 Å². The average molecular weight is 293 g/mol. The SMILES string of the molecule is CCCC1CCCC(N)(Cc2ccc(OC)c(F)c2)CC1. The molecule has 0 spiro atoms. The Hall–Kier alpha value is -1.09. The number of ether oxygens (including phenoxy) is 1. The molecule has 1 fully saturated rings. The van der Waals surface area contributed by atoms with Crippen LogP contribution in [0.15, 0.2) is 18.2 Å². The molecule has 2 unspecified atom stereocenters. The van der Waals surface area contributed by atoms with E-state index in [-0.39, 0.29) is 11.4 Å². The van der Waals surface area contributed by atoms with Crippen molar-refractivity contribution >= 4 is 0 Å². The monoisotopic (exact) mass is 293 g/mol. The number of nitrogens with two attached hydrogens (primary N) is 1. The topological polar surface area (TPSA) is 35.2 Å². The fraction of sp³-hybridized carbons (Fsp3) is 0.667. The summed E-state index contributed by atoms with van der Waals surface area (Å²) in [5.74, 6) is 0.831. The fourth-order valence-corrected chi connectivity index (χ4v) is 3.60. The van der Waals surface area contributed by atoms with E-state index in [1.54, 1.807) is 12.1 Å². The summed E-state index contributed by atoms with van der Waals surface area (Å²) < 4.78 is 18.8. The van der Waals surface area contributed by atoms with Gasteiger partial charge in [0, 0.05) is 5.54 Å². The van der Waals surface area contributed by atoms with Crippen molar-refractivity contribution in [3.8, 4) is 5.75 Å². The van der Waals surface area contributed by atoms with E-state index in [1.807, 2.05) is 6.07 Å². The van der Waals surface area contributed by atoms with Crippen molar-refractivity contribution in [2.45, 2.75) is 63.8 Å². The lowest BCUT2D eigenvalue weighted by atomic mass is 9.84. The molecule has 0 aromatic heterocycles. The van der Waals surface area contributed by atoms with E-state index in [2.05, 4.69) is 6.92 Å². The van der Waals surface area contributed by atoms with Crippen LogP contribution in [0.3, 0.4) is 0 Å². The third kappa shape index (κ3) is 4.44. The first-order valence-corrected chi connectivity index (χ1v) is 8.17. The third-order valence-electron chi connectivity index (χ3n) is 4.81. The number of hydrogen-bond donors (Lipinski definition) is 1. The first-order valence-electron chi connectivity index (χ1n) is 8.17. The minimum Gasteiger partial charge on any atom is -0.494 e. The standard InChI is InChI=1S/C18H28FNO/c1-3-5-14-6-4-10-18(20,11-9-14)13-15-7-8-17(21-2)16(19)12-15/h7-8,12,14H,3-6,9-11,13,20H2,1-2H3. The van der Waals surface area contributed by atoms with Crippen LogP contribution in [-0.4, -0.2) is 12.6 Å². The molecule has 1 aliphatic rings. The molecule has 118 valence electrons.